The first-order valence-corrected chi connectivity index (χ1v) is 4.41. The maximum absolute atomic E-state index is 13.5. The van der Waals surface area contributed by atoms with Gasteiger partial charge in [-0.1, -0.05) is 6.07 Å². The summed E-state index contributed by atoms with van der Waals surface area (Å²) in [6, 6.07) is 5.03. The van der Waals surface area contributed by atoms with Crippen LogP contribution in [0.3, 0.4) is 0 Å². The molecule has 0 atom stereocenters. The molecule has 2 nitrogen and oxygen atoms in total. The van der Waals surface area contributed by atoms with E-state index in [0.29, 0.717) is 11.2 Å². The highest BCUT2D eigenvalue weighted by molar-refractivity contribution is 5.87. The van der Waals surface area contributed by atoms with Crippen LogP contribution in [0.1, 0.15) is 11.3 Å². The predicted molar refractivity (Wildman–Crippen MR) is 55.6 cm³/mol. The number of fused-ring (bicyclic) bond motifs is 1. The Balaban J connectivity index is 2.94. The van der Waals surface area contributed by atoms with Gasteiger partial charge in [-0.15, -0.1) is 0 Å². The number of hydrogen-bond donors (Lipinski definition) is 1. The molecule has 0 unspecified atom stereocenters. The second kappa shape index (κ2) is 2.94. The van der Waals surface area contributed by atoms with E-state index in [9.17, 15) is 4.39 Å². The van der Waals surface area contributed by atoms with Crippen LogP contribution in [-0.4, -0.2) is 4.98 Å². The summed E-state index contributed by atoms with van der Waals surface area (Å²) < 4.78 is 13.5. The predicted octanol–water partition coefficient (Wildman–Crippen LogP) is 2.57. The van der Waals surface area contributed by atoms with Crippen molar-refractivity contribution >= 4 is 16.6 Å². The lowest BCUT2D eigenvalue weighted by Gasteiger charge is -2.06. The molecule has 0 radical (unpaired) electrons. The number of rotatable bonds is 0. The maximum atomic E-state index is 13.5. The highest BCUT2D eigenvalue weighted by atomic mass is 19.1. The summed E-state index contributed by atoms with van der Waals surface area (Å²) in [5.41, 5.74) is 8.22. The lowest BCUT2D eigenvalue weighted by Crippen LogP contribution is -1.95. The van der Waals surface area contributed by atoms with E-state index in [1.54, 1.807) is 0 Å². The van der Waals surface area contributed by atoms with Crippen molar-refractivity contribution in [3.63, 3.8) is 0 Å². The van der Waals surface area contributed by atoms with E-state index in [-0.39, 0.29) is 5.82 Å². The Kier molecular flexibility index (Phi) is 1.88. The Morgan fingerprint density at radius 3 is 2.71 bits per heavy atom. The number of pyridine rings is 1. The second-order valence-electron chi connectivity index (χ2n) is 3.42. The van der Waals surface area contributed by atoms with Gasteiger partial charge in [-0.05, 0) is 31.5 Å². The third-order valence-corrected chi connectivity index (χ3v) is 2.38. The molecule has 2 N–H and O–H groups in total. The van der Waals surface area contributed by atoms with Crippen LogP contribution >= 0.6 is 0 Å². The van der Waals surface area contributed by atoms with Gasteiger partial charge in [-0.3, -0.25) is 4.98 Å². The molecule has 14 heavy (non-hydrogen) atoms. The third-order valence-electron chi connectivity index (χ3n) is 2.38. The van der Waals surface area contributed by atoms with E-state index in [1.807, 2.05) is 26.0 Å². The van der Waals surface area contributed by atoms with Crippen LogP contribution in [0.5, 0.6) is 0 Å². The average molecular weight is 190 g/mol. The van der Waals surface area contributed by atoms with Crippen LogP contribution in [0.15, 0.2) is 18.2 Å². The molecule has 0 bridgehead atoms. The Bertz CT molecular complexity index is 506. The van der Waals surface area contributed by atoms with Gasteiger partial charge < -0.3 is 5.73 Å². The lowest BCUT2D eigenvalue weighted by atomic mass is 10.1. The van der Waals surface area contributed by atoms with E-state index in [4.69, 9.17) is 5.73 Å². The standard InChI is InChI=1S/C11H11FN2/c1-6-3-4-8-7(2)10(13)5-9(12)11(8)14-6/h3-5H,13H2,1-2H3. The summed E-state index contributed by atoms with van der Waals surface area (Å²) >= 11 is 0. The van der Waals surface area contributed by atoms with Crippen molar-refractivity contribution in [2.24, 2.45) is 0 Å². The van der Waals surface area contributed by atoms with Crippen molar-refractivity contribution < 1.29 is 4.39 Å². The molecule has 1 heterocycles. The van der Waals surface area contributed by atoms with Crippen LogP contribution in [0.2, 0.25) is 0 Å². The summed E-state index contributed by atoms with van der Waals surface area (Å²) in [6.07, 6.45) is 0. The first-order chi connectivity index (χ1) is 6.59. The summed E-state index contributed by atoms with van der Waals surface area (Å²) in [7, 11) is 0. The smallest absolute Gasteiger partial charge is 0.151 e. The molecule has 1 aromatic heterocycles. The Morgan fingerprint density at radius 1 is 1.29 bits per heavy atom. The van der Waals surface area contributed by atoms with Crippen molar-refractivity contribution in [3.8, 4) is 0 Å². The first kappa shape index (κ1) is 8.94. The molecular formula is C11H11FN2. The monoisotopic (exact) mass is 190 g/mol. The molecule has 0 saturated carbocycles. The van der Waals surface area contributed by atoms with E-state index < -0.39 is 0 Å². The second-order valence-corrected chi connectivity index (χ2v) is 3.42. The number of nitrogen functional groups attached to an aromatic ring is 1. The van der Waals surface area contributed by atoms with Crippen molar-refractivity contribution in [2.75, 3.05) is 5.73 Å². The topological polar surface area (TPSA) is 38.9 Å². The zero-order valence-corrected chi connectivity index (χ0v) is 8.13. The van der Waals surface area contributed by atoms with Crippen LogP contribution < -0.4 is 5.73 Å². The van der Waals surface area contributed by atoms with Crippen LogP contribution in [-0.2, 0) is 0 Å². The number of benzene rings is 1. The minimum atomic E-state index is -0.355. The molecule has 0 saturated heterocycles. The molecule has 1 aromatic carbocycles. The summed E-state index contributed by atoms with van der Waals surface area (Å²) in [5, 5.41) is 0.785. The largest absolute Gasteiger partial charge is 0.398 e. The lowest BCUT2D eigenvalue weighted by molar-refractivity contribution is 0.637. The summed E-state index contributed by atoms with van der Waals surface area (Å²) in [5.74, 6) is -0.355. The van der Waals surface area contributed by atoms with Crippen molar-refractivity contribution in [3.05, 3.63) is 35.3 Å². The van der Waals surface area contributed by atoms with Crippen molar-refractivity contribution in [1.82, 2.24) is 4.98 Å². The van der Waals surface area contributed by atoms with E-state index >= 15 is 0 Å². The van der Waals surface area contributed by atoms with Crippen LogP contribution in [0, 0.1) is 19.7 Å². The Morgan fingerprint density at radius 2 is 2.00 bits per heavy atom. The Hall–Kier alpha value is -1.64. The van der Waals surface area contributed by atoms with E-state index in [1.165, 1.54) is 6.07 Å². The summed E-state index contributed by atoms with van der Waals surface area (Å²) in [4.78, 5) is 4.15. The van der Waals surface area contributed by atoms with Gasteiger partial charge in [0.2, 0.25) is 0 Å². The van der Waals surface area contributed by atoms with Crippen molar-refractivity contribution in [1.29, 1.82) is 0 Å². The van der Waals surface area contributed by atoms with Gasteiger partial charge in [0.25, 0.3) is 0 Å². The molecule has 0 spiro atoms. The molecule has 3 heteroatoms. The minimum absolute atomic E-state index is 0.355. The maximum Gasteiger partial charge on any atom is 0.151 e. The molecule has 0 aliphatic rings. The molecule has 72 valence electrons. The molecule has 0 aliphatic carbocycles. The van der Waals surface area contributed by atoms with Crippen LogP contribution in [0.4, 0.5) is 10.1 Å². The number of hydrogen-bond acceptors (Lipinski definition) is 2. The highest BCUT2D eigenvalue weighted by Gasteiger charge is 2.07. The molecular weight excluding hydrogens is 179 g/mol. The normalized spacial score (nSPS) is 10.8. The first-order valence-electron chi connectivity index (χ1n) is 4.41. The van der Waals surface area contributed by atoms with Gasteiger partial charge >= 0.3 is 0 Å². The Labute approximate surface area is 81.6 Å². The minimum Gasteiger partial charge on any atom is -0.398 e. The van der Waals surface area contributed by atoms with E-state index in [0.717, 1.165) is 16.6 Å². The summed E-state index contributed by atoms with van der Waals surface area (Å²) in [6.45, 7) is 3.71. The van der Waals surface area contributed by atoms with Crippen molar-refractivity contribution in [2.45, 2.75) is 13.8 Å². The number of aromatic nitrogens is 1. The van der Waals surface area contributed by atoms with Gasteiger partial charge in [-0.2, -0.15) is 0 Å². The van der Waals surface area contributed by atoms with Gasteiger partial charge in [0.05, 0.1) is 0 Å². The van der Waals surface area contributed by atoms with Gasteiger partial charge in [-0.25, -0.2) is 4.39 Å². The van der Waals surface area contributed by atoms with Gasteiger partial charge in [0.15, 0.2) is 5.82 Å². The third kappa shape index (κ3) is 1.21. The zero-order chi connectivity index (χ0) is 10.3. The van der Waals surface area contributed by atoms with E-state index in [2.05, 4.69) is 4.98 Å². The van der Waals surface area contributed by atoms with Crippen LogP contribution in [0.25, 0.3) is 10.9 Å². The number of anilines is 1. The quantitative estimate of drug-likeness (QED) is 0.648. The molecule has 0 amide bonds. The van der Waals surface area contributed by atoms with Gasteiger partial charge in [0.1, 0.15) is 5.52 Å². The molecule has 2 aromatic rings. The molecule has 0 fully saturated rings. The fourth-order valence-corrected chi connectivity index (χ4v) is 1.51. The fraction of sp³-hybridized carbons (Fsp3) is 0.182. The molecule has 2 rings (SSSR count). The number of halogens is 1. The SMILES string of the molecule is Cc1ccc2c(C)c(N)cc(F)c2n1. The number of nitrogens with two attached hydrogens (primary N) is 1. The zero-order valence-electron chi connectivity index (χ0n) is 8.13. The number of nitrogens with zero attached hydrogens (tertiary/aromatic N) is 1. The van der Waals surface area contributed by atoms with Gasteiger partial charge in [0, 0.05) is 16.8 Å². The highest BCUT2D eigenvalue weighted by Crippen LogP contribution is 2.25. The average Bonchev–Trinajstić information content (AvgIpc) is 2.14. The number of aryl methyl sites for hydroxylation is 2. The fourth-order valence-electron chi connectivity index (χ4n) is 1.51. The molecule has 0 aliphatic heterocycles.